The molecule has 3 aliphatic rings. The summed E-state index contributed by atoms with van der Waals surface area (Å²) in [5.74, 6) is -2.02. The number of rotatable bonds is 15. The summed E-state index contributed by atoms with van der Waals surface area (Å²) in [5, 5.41) is 9.77. The number of aliphatic hydroxyl groups excluding tert-OH is 1. The highest BCUT2D eigenvalue weighted by atomic mass is 35.5. The van der Waals surface area contributed by atoms with E-state index >= 15 is 0 Å². The number of unbranched alkanes of at least 4 members (excludes halogenated alkanes) is 3. The minimum atomic E-state index is -1.09. The average Bonchev–Trinajstić information content (AvgIpc) is 3.67. The number of hydrogen-bond donors (Lipinski definition) is 1. The summed E-state index contributed by atoms with van der Waals surface area (Å²) in [6, 6.07) is 15.9. The molecule has 3 saturated heterocycles. The largest absolute Gasteiger partial charge is 0.396 e. The van der Waals surface area contributed by atoms with Crippen molar-refractivity contribution < 1.29 is 24.2 Å². The predicted octanol–water partition coefficient (Wildman–Crippen LogP) is 5.00. The van der Waals surface area contributed by atoms with Gasteiger partial charge in [-0.15, -0.1) is 13.2 Å². The number of aliphatic hydroxyl groups is 1. The van der Waals surface area contributed by atoms with Gasteiger partial charge in [0.05, 0.1) is 17.9 Å². The molecule has 9 heteroatoms. The van der Waals surface area contributed by atoms with Gasteiger partial charge in [0, 0.05) is 43.5 Å². The maximum atomic E-state index is 14.6. The molecular formula is C35H42ClN3O5. The molecule has 234 valence electrons. The van der Waals surface area contributed by atoms with Crippen molar-refractivity contribution in [3.63, 3.8) is 0 Å². The zero-order chi connectivity index (χ0) is 31.3. The van der Waals surface area contributed by atoms with Crippen molar-refractivity contribution in [3.05, 3.63) is 90.5 Å². The molecule has 0 saturated carbocycles. The Labute approximate surface area is 264 Å². The SMILES string of the molecule is C=CCN(Cc1ccccc1)C(=O)[C@@H]1[C@@H]2CCC3(O2)C(C(=O)N(CC=C)c2ccc(Cl)cc2)N(CCCCCCO)C(=O)[C@H]13. The van der Waals surface area contributed by atoms with Crippen LogP contribution in [-0.4, -0.2) is 76.6 Å². The van der Waals surface area contributed by atoms with Gasteiger partial charge in [0.15, 0.2) is 0 Å². The van der Waals surface area contributed by atoms with Crippen molar-refractivity contribution in [2.75, 3.05) is 31.1 Å². The van der Waals surface area contributed by atoms with E-state index < -0.39 is 29.6 Å². The quantitative estimate of drug-likeness (QED) is 0.224. The van der Waals surface area contributed by atoms with Gasteiger partial charge < -0.3 is 24.5 Å². The molecular weight excluding hydrogens is 578 g/mol. The molecule has 0 aliphatic carbocycles. The molecule has 0 aromatic heterocycles. The number of carbonyl (C=O) groups excluding carboxylic acids is 3. The number of ether oxygens (including phenoxy) is 1. The first kappa shape index (κ1) is 31.9. The van der Waals surface area contributed by atoms with E-state index in [1.807, 2.05) is 30.3 Å². The molecule has 2 aromatic rings. The second-order valence-electron chi connectivity index (χ2n) is 11.9. The highest BCUT2D eigenvalue weighted by molar-refractivity contribution is 6.30. The van der Waals surface area contributed by atoms with Gasteiger partial charge in [0.1, 0.15) is 11.6 Å². The van der Waals surface area contributed by atoms with Crippen molar-refractivity contribution in [1.29, 1.82) is 0 Å². The summed E-state index contributed by atoms with van der Waals surface area (Å²) in [5.41, 5.74) is 0.539. The fraction of sp³-hybridized carbons (Fsp3) is 0.457. The molecule has 1 N–H and O–H groups in total. The van der Waals surface area contributed by atoms with Gasteiger partial charge in [-0.05, 0) is 55.5 Å². The lowest BCUT2D eigenvalue weighted by Crippen LogP contribution is -2.56. The summed E-state index contributed by atoms with van der Waals surface area (Å²) in [4.78, 5) is 48.4. The van der Waals surface area contributed by atoms with Crippen molar-refractivity contribution in [2.24, 2.45) is 11.8 Å². The minimum Gasteiger partial charge on any atom is -0.396 e. The van der Waals surface area contributed by atoms with Crippen LogP contribution in [0.25, 0.3) is 0 Å². The Morgan fingerprint density at radius 1 is 1.00 bits per heavy atom. The van der Waals surface area contributed by atoms with E-state index in [2.05, 4.69) is 13.2 Å². The fourth-order valence-corrected chi connectivity index (χ4v) is 7.45. The average molecular weight is 620 g/mol. The van der Waals surface area contributed by atoms with Gasteiger partial charge in [-0.3, -0.25) is 14.4 Å². The molecule has 2 unspecified atom stereocenters. The number of nitrogens with zero attached hydrogens (tertiary/aromatic N) is 3. The number of amides is 3. The van der Waals surface area contributed by atoms with Gasteiger partial charge in [0.2, 0.25) is 11.8 Å². The molecule has 3 aliphatic heterocycles. The van der Waals surface area contributed by atoms with Gasteiger partial charge in [-0.1, -0.05) is 66.9 Å². The van der Waals surface area contributed by atoms with E-state index in [0.717, 1.165) is 18.4 Å². The summed E-state index contributed by atoms with van der Waals surface area (Å²) < 4.78 is 6.70. The Hall–Kier alpha value is -3.46. The van der Waals surface area contributed by atoms with E-state index in [9.17, 15) is 19.5 Å². The lowest BCUT2D eigenvalue weighted by molar-refractivity contribution is -0.145. The first-order valence-electron chi connectivity index (χ1n) is 15.6. The summed E-state index contributed by atoms with van der Waals surface area (Å²) in [6.45, 7) is 9.21. The highest BCUT2D eigenvalue weighted by Crippen LogP contribution is 2.59. The van der Waals surface area contributed by atoms with Crippen LogP contribution in [0.5, 0.6) is 0 Å². The molecule has 2 aromatic carbocycles. The van der Waals surface area contributed by atoms with Crippen LogP contribution in [0, 0.1) is 11.8 Å². The second kappa shape index (κ2) is 14.1. The Morgan fingerprint density at radius 2 is 1.70 bits per heavy atom. The van der Waals surface area contributed by atoms with Gasteiger partial charge in [-0.25, -0.2) is 0 Å². The molecule has 3 amide bonds. The molecule has 44 heavy (non-hydrogen) atoms. The van der Waals surface area contributed by atoms with E-state index in [1.54, 1.807) is 51.1 Å². The fourth-order valence-electron chi connectivity index (χ4n) is 7.33. The third kappa shape index (κ3) is 6.08. The monoisotopic (exact) mass is 619 g/mol. The molecule has 3 heterocycles. The summed E-state index contributed by atoms with van der Waals surface area (Å²) in [6.07, 6.45) is 7.06. The first-order valence-corrected chi connectivity index (χ1v) is 15.9. The normalized spacial score (nSPS) is 25.1. The van der Waals surface area contributed by atoms with E-state index in [0.29, 0.717) is 56.0 Å². The summed E-state index contributed by atoms with van der Waals surface area (Å²) in [7, 11) is 0. The minimum absolute atomic E-state index is 0.121. The smallest absolute Gasteiger partial charge is 0.253 e. The van der Waals surface area contributed by atoms with Crippen LogP contribution in [-0.2, 0) is 25.7 Å². The van der Waals surface area contributed by atoms with Gasteiger partial charge in [0.25, 0.3) is 5.91 Å². The third-order valence-electron chi connectivity index (χ3n) is 9.22. The Bertz CT molecular complexity index is 1350. The number of benzene rings is 2. The first-order chi connectivity index (χ1) is 21.4. The van der Waals surface area contributed by atoms with Gasteiger partial charge in [-0.2, -0.15) is 0 Å². The predicted molar refractivity (Wildman–Crippen MR) is 171 cm³/mol. The number of hydrogen-bond acceptors (Lipinski definition) is 5. The zero-order valence-electron chi connectivity index (χ0n) is 25.2. The molecule has 2 bridgehead atoms. The number of fused-ring (bicyclic) bond motifs is 1. The maximum absolute atomic E-state index is 14.6. The second-order valence-corrected chi connectivity index (χ2v) is 12.4. The topological polar surface area (TPSA) is 90.4 Å². The van der Waals surface area contributed by atoms with Crippen molar-refractivity contribution in [2.45, 2.75) is 62.8 Å². The van der Waals surface area contributed by atoms with Crippen LogP contribution in [0.3, 0.4) is 0 Å². The Kier molecular flexibility index (Phi) is 10.2. The molecule has 8 nitrogen and oxygen atoms in total. The molecule has 5 atom stereocenters. The van der Waals surface area contributed by atoms with Crippen LogP contribution < -0.4 is 4.90 Å². The van der Waals surface area contributed by atoms with E-state index in [-0.39, 0.29) is 30.9 Å². The molecule has 5 rings (SSSR count). The number of halogens is 1. The van der Waals surface area contributed by atoms with Gasteiger partial charge >= 0.3 is 0 Å². The number of anilines is 1. The molecule has 1 spiro atoms. The lowest BCUT2D eigenvalue weighted by atomic mass is 9.70. The van der Waals surface area contributed by atoms with Crippen molar-refractivity contribution in [3.8, 4) is 0 Å². The van der Waals surface area contributed by atoms with Crippen LogP contribution in [0.1, 0.15) is 44.1 Å². The molecule has 3 fully saturated rings. The highest BCUT2D eigenvalue weighted by Gasteiger charge is 2.74. The zero-order valence-corrected chi connectivity index (χ0v) is 25.9. The standard InChI is InChI=1S/C35H42ClN3O5/c1-3-20-37(24-25-12-8-7-9-13-25)32(41)29-28-18-19-35(44-28)30(29)33(42)39(22-10-5-6-11-23-40)31(35)34(43)38(21-4-2)27-16-14-26(36)15-17-27/h3-4,7-9,12-17,28-31,40H,1-2,5-6,10-11,18-24H2/t28-,29+,30-,31?,35?/m0/s1. The van der Waals surface area contributed by atoms with Crippen LogP contribution in [0.2, 0.25) is 5.02 Å². The van der Waals surface area contributed by atoms with Crippen molar-refractivity contribution in [1.82, 2.24) is 9.80 Å². The lowest BCUT2D eigenvalue weighted by Gasteiger charge is -2.37. The van der Waals surface area contributed by atoms with Crippen molar-refractivity contribution >= 4 is 35.0 Å². The Balaban J connectivity index is 1.49. The van der Waals surface area contributed by atoms with Crippen LogP contribution in [0.15, 0.2) is 79.9 Å². The van der Waals surface area contributed by atoms with Crippen LogP contribution in [0.4, 0.5) is 5.69 Å². The number of likely N-dealkylation sites (tertiary alicyclic amines) is 1. The third-order valence-corrected chi connectivity index (χ3v) is 9.47. The summed E-state index contributed by atoms with van der Waals surface area (Å²) >= 11 is 6.15. The number of carbonyl (C=O) groups is 3. The Morgan fingerprint density at radius 3 is 2.39 bits per heavy atom. The van der Waals surface area contributed by atoms with Crippen LogP contribution >= 0.6 is 11.6 Å². The maximum Gasteiger partial charge on any atom is 0.253 e. The molecule has 0 radical (unpaired) electrons. The van der Waals surface area contributed by atoms with E-state index in [1.165, 1.54) is 0 Å². The van der Waals surface area contributed by atoms with E-state index in [4.69, 9.17) is 16.3 Å².